The molecule has 0 heterocycles. The van der Waals surface area contributed by atoms with E-state index in [9.17, 15) is 14.4 Å². The SMILES string of the molecule is CC(C)CC(CC(=O)O)C(N)C(=O)OC(C)OC(=O)C(C)(C)C. The molecule has 0 aromatic heterocycles. The smallest absolute Gasteiger partial charge is 0.326 e. The molecule has 3 unspecified atom stereocenters. The largest absolute Gasteiger partial charge is 0.481 e. The number of carboxylic acids is 1. The van der Waals surface area contributed by atoms with Crippen LogP contribution in [0.2, 0.25) is 0 Å². The minimum Gasteiger partial charge on any atom is -0.481 e. The van der Waals surface area contributed by atoms with Crippen LogP contribution in [0.3, 0.4) is 0 Å². The summed E-state index contributed by atoms with van der Waals surface area (Å²) in [5, 5.41) is 8.94. The quantitative estimate of drug-likeness (QED) is 0.515. The highest BCUT2D eigenvalue weighted by Gasteiger charge is 2.31. The Labute approximate surface area is 137 Å². The van der Waals surface area contributed by atoms with Crippen LogP contribution in [0, 0.1) is 17.3 Å². The molecule has 3 atom stereocenters. The first kappa shape index (κ1) is 21.4. The van der Waals surface area contributed by atoms with Gasteiger partial charge in [-0.1, -0.05) is 13.8 Å². The summed E-state index contributed by atoms with van der Waals surface area (Å²) >= 11 is 0. The summed E-state index contributed by atoms with van der Waals surface area (Å²) in [5.41, 5.74) is 5.13. The number of aliphatic carboxylic acids is 1. The molecular weight excluding hydrogens is 302 g/mol. The minimum atomic E-state index is -1.08. The van der Waals surface area contributed by atoms with Gasteiger partial charge in [-0.2, -0.15) is 0 Å². The van der Waals surface area contributed by atoms with E-state index in [1.165, 1.54) is 6.92 Å². The van der Waals surface area contributed by atoms with E-state index in [1.807, 2.05) is 13.8 Å². The van der Waals surface area contributed by atoms with Crippen LogP contribution in [0.1, 0.15) is 54.4 Å². The lowest BCUT2D eigenvalue weighted by molar-refractivity contribution is -0.191. The number of carbonyl (C=O) groups is 3. The van der Waals surface area contributed by atoms with Crippen LogP contribution in [0.15, 0.2) is 0 Å². The van der Waals surface area contributed by atoms with E-state index in [2.05, 4.69) is 0 Å². The van der Waals surface area contributed by atoms with E-state index in [0.717, 1.165) is 0 Å². The normalized spacial score (nSPS) is 15.7. The van der Waals surface area contributed by atoms with E-state index in [1.54, 1.807) is 20.8 Å². The van der Waals surface area contributed by atoms with Crippen molar-refractivity contribution in [1.82, 2.24) is 0 Å². The molecule has 23 heavy (non-hydrogen) atoms. The maximum Gasteiger partial charge on any atom is 0.326 e. The maximum absolute atomic E-state index is 12.1. The van der Waals surface area contributed by atoms with Crippen molar-refractivity contribution in [1.29, 1.82) is 0 Å². The molecule has 0 aliphatic rings. The third kappa shape index (κ3) is 8.54. The van der Waals surface area contributed by atoms with Crippen LogP contribution in [0.4, 0.5) is 0 Å². The monoisotopic (exact) mass is 331 g/mol. The molecule has 0 aromatic carbocycles. The van der Waals surface area contributed by atoms with Crippen molar-refractivity contribution >= 4 is 17.9 Å². The molecule has 0 radical (unpaired) electrons. The third-order valence-corrected chi connectivity index (χ3v) is 3.16. The lowest BCUT2D eigenvalue weighted by atomic mass is 9.88. The summed E-state index contributed by atoms with van der Waals surface area (Å²) in [6.45, 7) is 10.3. The fourth-order valence-electron chi connectivity index (χ4n) is 1.97. The van der Waals surface area contributed by atoms with Gasteiger partial charge in [-0.25, -0.2) is 0 Å². The predicted octanol–water partition coefficient (Wildman–Crippen LogP) is 1.93. The number of carbonyl (C=O) groups excluding carboxylic acids is 2. The van der Waals surface area contributed by atoms with Gasteiger partial charge in [0.2, 0.25) is 6.29 Å². The Morgan fingerprint density at radius 1 is 1.09 bits per heavy atom. The molecule has 0 bridgehead atoms. The average Bonchev–Trinajstić information content (AvgIpc) is 2.34. The van der Waals surface area contributed by atoms with Gasteiger partial charge in [-0.05, 0) is 39.0 Å². The average molecular weight is 331 g/mol. The van der Waals surface area contributed by atoms with E-state index in [4.69, 9.17) is 20.3 Å². The molecule has 0 saturated carbocycles. The summed E-state index contributed by atoms with van der Waals surface area (Å²) in [6, 6.07) is -1.08. The van der Waals surface area contributed by atoms with Gasteiger partial charge < -0.3 is 20.3 Å². The number of ether oxygens (including phenoxy) is 2. The Bertz CT molecular complexity index is 427. The van der Waals surface area contributed by atoms with Gasteiger partial charge in [0.1, 0.15) is 6.04 Å². The minimum absolute atomic E-state index is 0.189. The number of hydrogen-bond donors (Lipinski definition) is 2. The van der Waals surface area contributed by atoms with Gasteiger partial charge in [0.05, 0.1) is 11.8 Å². The molecule has 0 aliphatic heterocycles. The van der Waals surface area contributed by atoms with Crippen molar-refractivity contribution in [3.05, 3.63) is 0 Å². The highest BCUT2D eigenvalue weighted by Crippen LogP contribution is 2.21. The molecule has 0 fully saturated rings. The van der Waals surface area contributed by atoms with Crippen LogP contribution < -0.4 is 5.73 Å². The molecule has 0 rings (SSSR count). The van der Waals surface area contributed by atoms with Crippen molar-refractivity contribution in [2.75, 3.05) is 0 Å². The number of nitrogens with two attached hydrogens (primary N) is 1. The van der Waals surface area contributed by atoms with Crippen LogP contribution in [-0.4, -0.2) is 35.3 Å². The highest BCUT2D eigenvalue weighted by atomic mass is 16.7. The van der Waals surface area contributed by atoms with Crippen molar-refractivity contribution < 1.29 is 29.0 Å². The van der Waals surface area contributed by atoms with Crippen molar-refractivity contribution in [2.24, 2.45) is 23.0 Å². The van der Waals surface area contributed by atoms with Gasteiger partial charge >= 0.3 is 17.9 Å². The molecule has 134 valence electrons. The van der Waals surface area contributed by atoms with E-state index < -0.39 is 41.6 Å². The third-order valence-electron chi connectivity index (χ3n) is 3.16. The first-order chi connectivity index (χ1) is 10.3. The zero-order valence-corrected chi connectivity index (χ0v) is 14.8. The molecule has 0 saturated heterocycles. The number of hydrogen-bond acceptors (Lipinski definition) is 6. The number of esters is 2. The zero-order valence-electron chi connectivity index (χ0n) is 14.8. The van der Waals surface area contributed by atoms with Gasteiger partial charge in [0.25, 0.3) is 0 Å². The maximum atomic E-state index is 12.1. The predicted molar refractivity (Wildman–Crippen MR) is 84.3 cm³/mol. The second kappa shape index (κ2) is 8.86. The van der Waals surface area contributed by atoms with Gasteiger partial charge in [0.15, 0.2) is 0 Å². The van der Waals surface area contributed by atoms with Crippen molar-refractivity contribution in [2.45, 2.75) is 66.7 Å². The Balaban J connectivity index is 4.72. The van der Waals surface area contributed by atoms with E-state index >= 15 is 0 Å². The van der Waals surface area contributed by atoms with E-state index in [0.29, 0.717) is 6.42 Å². The van der Waals surface area contributed by atoms with Crippen LogP contribution in [0.5, 0.6) is 0 Å². The first-order valence-electron chi connectivity index (χ1n) is 7.73. The van der Waals surface area contributed by atoms with E-state index in [-0.39, 0.29) is 12.3 Å². The lowest BCUT2D eigenvalue weighted by Gasteiger charge is -2.25. The molecule has 0 aromatic rings. The second-order valence-electron chi connectivity index (χ2n) is 7.17. The summed E-state index contributed by atoms with van der Waals surface area (Å²) in [7, 11) is 0. The Morgan fingerprint density at radius 2 is 1.61 bits per heavy atom. The van der Waals surface area contributed by atoms with Crippen molar-refractivity contribution in [3.63, 3.8) is 0 Å². The lowest BCUT2D eigenvalue weighted by Crippen LogP contribution is -2.43. The first-order valence-corrected chi connectivity index (χ1v) is 7.73. The fourth-order valence-corrected chi connectivity index (χ4v) is 1.97. The summed E-state index contributed by atoms with van der Waals surface area (Å²) in [5.74, 6) is -2.65. The molecular formula is C16H29NO6. The number of carboxylic acid groups (broad SMARTS) is 1. The van der Waals surface area contributed by atoms with Crippen LogP contribution in [0.25, 0.3) is 0 Å². The number of rotatable bonds is 8. The standard InChI is InChI=1S/C16H29NO6/c1-9(2)7-11(8-12(18)19)13(17)14(20)22-10(3)23-15(21)16(4,5)6/h9-11,13H,7-8,17H2,1-6H3,(H,18,19). The Hall–Kier alpha value is -1.63. The van der Waals surface area contributed by atoms with Gasteiger partial charge in [-0.15, -0.1) is 0 Å². The fraction of sp³-hybridized carbons (Fsp3) is 0.812. The topological polar surface area (TPSA) is 116 Å². The second-order valence-corrected chi connectivity index (χ2v) is 7.17. The van der Waals surface area contributed by atoms with Gasteiger partial charge in [0, 0.05) is 6.92 Å². The van der Waals surface area contributed by atoms with Crippen LogP contribution >= 0.6 is 0 Å². The molecule has 3 N–H and O–H groups in total. The van der Waals surface area contributed by atoms with Gasteiger partial charge in [-0.3, -0.25) is 14.4 Å². The zero-order chi connectivity index (χ0) is 18.4. The summed E-state index contributed by atoms with van der Waals surface area (Å²) in [6.07, 6.45) is -0.812. The van der Waals surface area contributed by atoms with Crippen molar-refractivity contribution in [3.8, 4) is 0 Å². The molecule has 0 aliphatic carbocycles. The molecule has 0 amide bonds. The Kier molecular flexibility index (Phi) is 8.23. The highest BCUT2D eigenvalue weighted by molar-refractivity contribution is 5.78. The summed E-state index contributed by atoms with van der Waals surface area (Å²) in [4.78, 5) is 34.7. The molecule has 0 spiro atoms. The molecule has 7 nitrogen and oxygen atoms in total. The Morgan fingerprint density at radius 3 is 2.00 bits per heavy atom. The summed E-state index contributed by atoms with van der Waals surface area (Å²) < 4.78 is 10.0. The van der Waals surface area contributed by atoms with Crippen LogP contribution in [-0.2, 0) is 23.9 Å². The molecule has 7 heteroatoms.